The van der Waals surface area contributed by atoms with Gasteiger partial charge in [-0.25, -0.2) is 0 Å². The van der Waals surface area contributed by atoms with Gasteiger partial charge in [0.2, 0.25) is 5.78 Å². The van der Waals surface area contributed by atoms with Gasteiger partial charge in [-0.05, 0) is 23.8 Å². The Balaban J connectivity index is 2.07. The fourth-order valence-electron chi connectivity index (χ4n) is 2.84. The van der Waals surface area contributed by atoms with Crippen molar-refractivity contribution in [2.24, 2.45) is 0 Å². The Hall–Kier alpha value is -2.37. The fourth-order valence-corrected chi connectivity index (χ4v) is 3.21. The van der Waals surface area contributed by atoms with Crippen LogP contribution in [0.25, 0.3) is 16.7 Å². The quantitative estimate of drug-likeness (QED) is 0.526. The molecule has 0 unspecified atom stereocenters. The lowest BCUT2D eigenvalue weighted by Crippen LogP contribution is -2.24. The zero-order valence-electron chi connectivity index (χ0n) is 12.5. The summed E-state index contributed by atoms with van der Waals surface area (Å²) in [5.41, 5.74) is 1.45. The second-order valence-electron chi connectivity index (χ2n) is 5.39. The van der Waals surface area contributed by atoms with Crippen LogP contribution in [0.4, 0.5) is 0 Å². The van der Waals surface area contributed by atoms with Gasteiger partial charge in [0.25, 0.3) is 5.56 Å². The molecule has 0 radical (unpaired) electrons. The summed E-state index contributed by atoms with van der Waals surface area (Å²) in [4.78, 5) is 13.0. The normalized spacial score (nSPS) is 11.4. The molecule has 0 aliphatic carbocycles. The fraction of sp³-hybridized carbons (Fsp3) is 0.118. The van der Waals surface area contributed by atoms with Crippen molar-refractivity contribution < 1.29 is 0 Å². The van der Waals surface area contributed by atoms with Gasteiger partial charge < -0.3 is 0 Å². The molecule has 0 aliphatic heterocycles. The largest absolute Gasteiger partial charge is 0.272 e. The monoisotopic (exact) mass is 358 g/mol. The smallest absolute Gasteiger partial charge is 0.263 e. The van der Waals surface area contributed by atoms with Crippen molar-refractivity contribution in [3.63, 3.8) is 0 Å². The van der Waals surface area contributed by atoms with Crippen LogP contribution in [0.2, 0.25) is 5.02 Å². The van der Waals surface area contributed by atoms with Gasteiger partial charge >= 0.3 is 0 Å². The van der Waals surface area contributed by atoms with E-state index in [1.165, 1.54) is 0 Å². The molecule has 120 valence electrons. The van der Waals surface area contributed by atoms with Gasteiger partial charge in [-0.15, -0.1) is 21.8 Å². The molecule has 5 nitrogen and oxygen atoms in total. The molecule has 2 aromatic carbocycles. The maximum absolute atomic E-state index is 13.0. The highest BCUT2D eigenvalue weighted by Gasteiger charge is 2.16. The predicted molar refractivity (Wildman–Crippen MR) is 94.9 cm³/mol. The summed E-state index contributed by atoms with van der Waals surface area (Å²) in [6.45, 7) is 0.313. The number of halogens is 2. The molecule has 0 fully saturated rings. The first-order valence-corrected chi connectivity index (χ1v) is 8.27. The minimum Gasteiger partial charge on any atom is -0.272 e. The highest BCUT2D eigenvalue weighted by molar-refractivity contribution is 6.31. The summed E-state index contributed by atoms with van der Waals surface area (Å²) in [6, 6.07) is 14.8. The van der Waals surface area contributed by atoms with Crippen molar-refractivity contribution >= 4 is 39.9 Å². The average Bonchev–Trinajstić information content (AvgIpc) is 3.04. The summed E-state index contributed by atoms with van der Waals surface area (Å²) in [5.74, 6) is 1.25. The average molecular weight is 359 g/mol. The van der Waals surface area contributed by atoms with E-state index in [4.69, 9.17) is 23.2 Å². The summed E-state index contributed by atoms with van der Waals surface area (Å²) in [7, 11) is 0. The molecular weight excluding hydrogens is 347 g/mol. The van der Waals surface area contributed by atoms with Gasteiger partial charge in [-0.2, -0.15) is 0 Å². The first kappa shape index (κ1) is 15.2. The van der Waals surface area contributed by atoms with Crippen LogP contribution in [0.5, 0.6) is 0 Å². The number of hydrogen-bond acceptors (Lipinski definition) is 3. The van der Waals surface area contributed by atoms with Gasteiger partial charge in [0.15, 0.2) is 5.82 Å². The van der Waals surface area contributed by atoms with Crippen molar-refractivity contribution in [1.82, 2.24) is 19.2 Å². The first-order chi connectivity index (χ1) is 11.7. The van der Waals surface area contributed by atoms with Crippen molar-refractivity contribution in [2.45, 2.75) is 12.4 Å². The van der Waals surface area contributed by atoms with Gasteiger partial charge in [-0.3, -0.25) is 13.8 Å². The van der Waals surface area contributed by atoms with Crippen molar-refractivity contribution in [1.29, 1.82) is 0 Å². The minimum absolute atomic E-state index is 0.133. The predicted octanol–water partition coefficient (Wildman–Crippen LogP) is 3.48. The van der Waals surface area contributed by atoms with Crippen LogP contribution >= 0.6 is 23.2 Å². The lowest BCUT2D eigenvalue weighted by Gasteiger charge is -2.12. The standard InChI is InChI=1S/C17H12Cl2N4O/c18-9-15-20-21-17-22(10-11-5-1-3-7-13(11)19)16(24)12-6-2-4-8-14(12)23(15)17/h1-8H,9-10H2. The minimum atomic E-state index is -0.133. The molecule has 0 aliphatic rings. The number of nitrogens with zero attached hydrogens (tertiary/aromatic N) is 4. The van der Waals surface area contributed by atoms with E-state index in [1.807, 2.05) is 40.8 Å². The Bertz CT molecular complexity index is 1120. The molecule has 24 heavy (non-hydrogen) atoms. The topological polar surface area (TPSA) is 52.2 Å². The molecule has 2 heterocycles. The number of para-hydroxylation sites is 1. The number of alkyl halides is 1. The maximum Gasteiger partial charge on any atom is 0.263 e. The number of benzene rings is 2. The Kier molecular flexibility index (Phi) is 3.75. The third kappa shape index (κ3) is 2.28. The van der Waals surface area contributed by atoms with E-state index < -0.39 is 0 Å². The lowest BCUT2D eigenvalue weighted by molar-refractivity contribution is 0.766. The second kappa shape index (κ2) is 5.92. The molecule has 4 aromatic rings. The van der Waals surface area contributed by atoms with Gasteiger partial charge in [-0.1, -0.05) is 41.9 Å². The van der Waals surface area contributed by atoms with Crippen LogP contribution in [0.1, 0.15) is 11.4 Å². The van der Waals surface area contributed by atoms with Crippen LogP contribution in [0, 0.1) is 0 Å². The summed E-state index contributed by atoms with van der Waals surface area (Å²) in [5, 5.41) is 9.48. The zero-order valence-corrected chi connectivity index (χ0v) is 14.0. The number of aromatic nitrogens is 4. The van der Waals surface area contributed by atoms with Crippen LogP contribution in [0.3, 0.4) is 0 Å². The molecule has 0 saturated heterocycles. The molecular formula is C17H12Cl2N4O. The maximum atomic E-state index is 13.0. The summed E-state index contributed by atoms with van der Waals surface area (Å²) < 4.78 is 3.40. The summed E-state index contributed by atoms with van der Waals surface area (Å²) in [6.07, 6.45) is 0. The molecule has 7 heteroatoms. The Labute approximate surface area is 147 Å². The highest BCUT2D eigenvalue weighted by atomic mass is 35.5. The molecule has 4 rings (SSSR count). The molecule has 0 N–H and O–H groups in total. The highest BCUT2D eigenvalue weighted by Crippen LogP contribution is 2.19. The van der Waals surface area contributed by atoms with Gasteiger partial charge in [0.1, 0.15) is 0 Å². The SMILES string of the molecule is O=c1c2ccccc2n2c(CCl)nnc2n1Cc1ccccc1Cl. The van der Waals surface area contributed by atoms with Crippen molar-refractivity contribution in [3.8, 4) is 0 Å². The van der Waals surface area contributed by atoms with E-state index in [2.05, 4.69) is 10.2 Å². The van der Waals surface area contributed by atoms with E-state index in [9.17, 15) is 4.79 Å². The van der Waals surface area contributed by atoms with Gasteiger partial charge in [0, 0.05) is 5.02 Å². The first-order valence-electron chi connectivity index (χ1n) is 7.35. The van der Waals surface area contributed by atoms with Crippen LogP contribution in [0.15, 0.2) is 53.3 Å². The van der Waals surface area contributed by atoms with Crippen molar-refractivity contribution in [2.75, 3.05) is 0 Å². The van der Waals surface area contributed by atoms with E-state index in [1.54, 1.807) is 16.7 Å². The second-order valence-corrected chi connectivity index (χ2v) is 6.06. The van der Waals surface area contributed by atoms with Gasteiger partial charge in [0.05, 0.1) is 23.3 Å². The Morgan fingerprint density at radius 3 is 2.54 bits per heavy atom. The van der Waals surface area contributed by atoms with Crippen LogP contribution in [-0.4, -0.2) is 19.2 Å². The Morgan fingerprint density at radius 2 is 1.75 bits per heavy atom. The molecule has 0 amide bonds. The molecule has 0 saturated carbocycles. The molecule has 2 aromatic heterocycles. The third-order valence-electron chi connectivity index (χ3n) is 3.98. The van der Waals surface area contributed by atoms with E-state index >= 15 is 0 Å². The Morgan fingerprint density at radius 1 is 1.00 bits per heavy atom. The lowest BCUT2D eigenvalue weighted by atomic mass is 10.2. The molecule has 0 bridgehead atoms. The number of rotatable bonds is 3. The number of hydrogen-bond donors (Lipinski definition) is 0. The van der Waals surface area contributed by atoms with E-state index in [0.717, 1.165) is 11.1 Å². The van der Waals surface area contributed by atoms with Crippen molar-refractivity contribution in [3.05, 3.63) is 75.3 Å². The van der Waals surface area contributed by atoms with Crippen LogP contribution < -0.4 is 5.56 Å². The summed E-state index contributed by atoms with van der Waals surface area (Å²) >= 11 is 12.2. The molecule has 0 spiro atoms. The van der Waals surface area contributed by atoms with E-state index in [-0.39, 0.29) is 11.4 Å². The molecule has 0 atom stereocenters. The third-order valence-corrected chi connectivity index (χ3v) is 4.59. The zero-order chi connectivity index (χ0) is 16.7. The van der Waals surface area contributed by atoms with E-state index in [0.29, 0.717) is 28.6 Å². The number of fused-ring (bicyclic) bond motifs is 3. The van der Waals surface area contributed by atoms with Crippen LogP contribution in [-0.2, 0) is 12.4 Å².